The predicted octanol–water partition coefficient (Wildman–Crippen LogP) is 2.54. The van der Waals surface area contributed by atoms with Gasteiger partial charge in [-0.2, -0.15) is 15.0 Å². The van der Waals surface area contributed by atoms with E-state index in [1.807, 2.05) is 0 Å². The van der Waals surface area contributed by atoms with E-state index in [1.165, 1.54) is 30.3 Å². The Bertz CT molecular complexity index is 1290. The molecule has 0 aliphatic carbocycles. The minimum atomic E-state index is -0.704. The minimum absolute atomic E-state index is 0.0812. The van der Waals surface area contributed by atoms with Crippen LogP contribution in [0.1, 0.15) is 16.2 Å². The van der Waals surface area contributed by atoms with Gasteiger partial charge in [0.25, 0.3) is 0 Å². The predicted molar refractivity (Wildman–Crippen MR) is 108 cm³/mol. The number of halogens is 1. The molecular formula is C20H15FN6O3. The van der Waals surface area contributed by atoms with Crippen molar-refractivity contribution in [2.45, 2.75) is 6.61 Å². The maximum atomic E-state index is 13.0. The first-order valence-corrected chi connectivity index (χ1v) is 8.80. The Labute approximate surface area is 168 Å². The molecule has 0 radical (unpaired) electrons. The first-order chi connectivity index (χ1) is 14.5. The number of rotatable bonds is 5. The van der Waals surface area contributed by atoms with Crippen molar-refractivity contribution >= 4 is 34.5 Å². The summed E-state index contributed by atoms with van der Waals surface area (Å²) in [7, 11) is 0. The van der Waals surface area contributed by atoms with Crippen molar-refractivity contribution in [3.63, 3.8) is 0 Å². The lowest BCUT2D eigenvalue weighted by Crippen LogP contribution is -2.14. The lowest BCUT2D eigenvalue weighted by molar-refractivity contribution is 0.0464. The summed E-state index contributed by atoms with van der Waals surface area (Å²) in [5.74, 6) is -0.946. The Morgan fingerprint density at radius 1 is 1.10 bits per heavy atom. The van der Waals surface area contributed by atoms with E-state index in [1.54, 1.807) is 24.3 Å². The number of benzene rings is 2. The number of esters is 1. The van der Waals surface area contributed by atoms with E-state index in [-0.39, 0.29) is 35.7 Å². The number of aromatic amines is 1. The van der Waals surface area contributed by atoms with Gasteiger partial charge in [0, 0.05) is 22.7 Å². The Hall–Kier alpha value is -4.34. The van der Waals surface area contributed by atoms with Crippen LogP contribution in [0.5, 0.6) is 0 Å². The average Bonchev–Trinajstić information content (AvgIpc) is 2.72. The summed E-state index contributed by atoms with van der Waals surface area (Å²) in [6.07, 6.45) is 0. The summed E-state index contributed by atoms with van der Waals surface area (Å²) in [5, 5.41) is 3.42. The summed E-state index contributed by atoms with van der Waals surface area (Å²) in [6, 6.07) is 13.6. The van der Waals surface area contributed by atoms with E-state index in [9.17, 15) is 14.0 Å². The van der Waals surface area contributed by atoms with Gasteiger partial charge in [-0.05, 0) is 30.3 Å². The van der Waals surface area contributed by atoms with Crippen LogP contribution in [0.2, 0.25) is 0 Å². The molecule has 0 saturated heterocycles. The molecule has 4 rings (SSSR count). The zero-order valence-electron chi connectivity index (χ0n) is 15.4. The number of hydrogen-bond acceptors (Lipinski definition) is 8. The largest absolute Gasteiger partial charge is 0.454 e. The maximum absolute atomic E-state index is 13.0. The third kappa shape index (κ3) is 4.22. The second-order valence-corrected chi connectivity index (χ2v) is 6.23. The van der Waals surface area contributed by atoms with Gasteiger partial charge in [0.15, 0.2) is 12.4 Å². The summed E-state index contributed by atoms with van der Waals surface area (Å²) in [5.41, 5.74) is 6.47. The molecule has 0 spiro atoms. The fourth-order valence-corrected chi connectivity index (χ4v) is 2.80. The quantitative estimate of drug-likeness (QED) is 0.430. The fraction of sp³-hybridized carbons (Fsp3) is 0.0500. The molecule has 4 aromatic rings. The van der Waals surface area contributed by atoms with Gasteiger partial charge in [-0.25, -0.2) is 9.18 Å². The second-order valence-electron chi connectivity index (χ2n) is 6.23. The van der Waals surface area contributed by atoms with Crippen LogP contribution < -0.4 is 16.6 Å². The van der Waals surface area contributed by atoms with E-state index in [0.717, 1.165) is 0 Å². The van der Waals surface area contributed by atoms with Gasteiger partial charge in [0.1, 0.15) is 5.82 Å². The Kier molecular flexibility index (Phi) is 5.04. The summed E-state index contributed by atoms with van der Waals surface area (Å²) >= 11 is 0. The van der Waals surface area contributed by atoms with Crippen molar-refractivity contribution in [1.29, 1.82) is 0 Å². The van der Waals surface area contributed by atoms with Crippen LogP contribution in [0.25, 0.3) is 10.9 Å². The number of nitrogens with one attached hydrogen (secondary N) is 2. The SMILES string of the molecule is Nc1nc(COC(=O)c2cc(=O)[nH]c3ccccc23)nc(Nc2ccc(F)cc2)n1. The van der Waals surface area contributed by atoms with E-state index in [2.05, 4.69) is 25.3 Å². The Balaban J connectivity index is 1.52. The van der Waals surface area contributed by atoms with Gasteiger partial charge >= 0.3 is 5.97 Å². The number of H-pyrrole nitrogens is 1. The van der Waals surface area contributed by atoms with Gasteiger partial charge < -0.3 is 20.8 Å². The van der Waals surface area contributed by atoms with Crippen LogP contribution in [-0.4, -0.2) is 25.9 Å². The highest BCUT2D eigenvalue weighted by molar-refractivity contribution is 6.03. The van der Waals surface area contributed by atoms with Crippen LogP contribution in [-0.2, 0) is 11.3 Å². The number of nitrogen functional groups attached to an aromatic ring is 1. The molecule has 0 unspecified atom stereocenters. The molecule has 2 heterocycles. The number of nitrogens with two attached hydrogens (primary N) is 1. The molecule has 0 aliphatic rings. The third-order valence-electron chi connectivity index (χ3n) is 4.10. The van der Waals surface area contributed by atoms with Crippen molar-refractivity contribution in [3.05, 3.63) is 82.2 Å². The van der Waals surface area contributed by atoms with Crippen molar-refractivity contribution in [2.24, 2.45) is 0 Å². The number of fused-ring (bicyclic) bond motifs is 1. The number of pyridine rings is 1. The van der Waals surface area contributed by atoms with Crippen LogP contribution in [0.4, 0.5) is 22.0 Å². The molecule has 2 aromatic carbocycles. The highest BCUT2D eigenvalue weighted by Crippen LogP contribution is 2.17. The summed E-state index contributed by atoms with van der Waals surface area (Å²) in [4.78, 5) is 39.1. The van der Waals surface area contributed by atoms with Crippen LogP contribution >= 0.6 is 0 Å². The number of nitrogens with zero attached hydrogens (tertiary/aromatic N) is 3. The normalized spacial score (nSPS) is 10.7. The number of carbonyl (C=O) groups excluding carboxylic acids is 1. The molecule has 0 amide bonds. The molecule has 10 heteroatoms. The van der Waals surface area contributed by atoms with Crippen LogP contribution in [0, 0.1) is 5.82 Å². The molecule has 0 saturated carbocycles. The van der Waals surface area contributed by atoms with Gasteiger partial charge in [0.05, 0.1) is 5.56 Å². The zero-order chi connectivity index (χ0) is 21.1. The molecule has 4 N–H and O–H groups in total. The lowest BCUT2D eigenvalue weighted by Gasteiger charge is -2.09. The average molecular weight is 406 g/mol. The fourth-order valence-electron chi connectivity index (χ4n) is 2.80. The topological polar surface area (TPSA) is 136 Å². The molecule has 2 aromatic heterocycles. The number of anilines is 3. The molecule has 0 atom stereocenters. The monoisotopic (exact) mass is 406 g/mol. The lowest BCUT2D eigenvalue weighted by atomic mass is 10.1. The van der Waals surface area contributed by atoms with Gasteiger partial charge in [-0.3, -0.25) is 4.79 Å². The highest BCUT2D eigenvalue weighted by atomic mass is 19.1. The number of aromatic nitrogens is 4. The van der Waals surface area contributed by atoms with Gasteiger partial charge in [-0.1, -0.05) is 18.2 Å². The molecule has 0 aliphatic heterocycles. The standard InChI is InChI=1S/C20H15FN6O3/c21-11-5-7-12(8-6-11)23-20-26-16(25-19(22)27-20)10-30-18(29)14-9-17(28)24-15-4-2-1-3-13(14)15/h1-9H,10H2,(H,24,28)(H3,22,23,25,26,27). The van der Waals surface area contributed by atoms with Gasteiger partial charge in [-0.15, -0.1) is 0 Å². The summed E-state index contributed by atoms with van der Waals surface area (Å²) in [6.45, 7) is -0.287. The molecule has 0 bridgehead atoms. The number of para-hydroxylation sites is 1. The van der Waals surface area contributed by atoms with Crippen LogP contribution in [0.15, 0.2) is 59.4 Å². The smallest absolute Gasteiger partial charge is 0.339 e. The third-order valence-corrected chi connectivity index (χ3v) is 4.10. The molecule has 9 nitrogen and oxygen atoms in total. The van der Waals surface area contributed by atoms with Crippen molar-refractivity contribution in [3.8, 4) is 0 Å². The van der Waals surface area contributed by atoms with E-state index in [0.29, 0.717) is 16.6 Å². The van der Waals surface area contributed by atoms with Crippen molar-refractivity contribution in [1.82, 2.24) is 19.9 Å². The van der Waals surface area contributed by atoms with Crippen molar-refractivity contribution in [2.75, 3.05) is 11.1 Å². The summed E-state index contributed by atoms with van der Waals surface area (Å²) < 4.78 is 18.3. The Morgan fingerprint density at radius 2 is 1.87 bits per heavy atom. The molecule has 150 valence electrons. The van der Waals surface area contributed by atoms with Crippen molar-refractivity contribution < 1.29 is 13.9 Å². The van der Waals surface area contributed by atoms with E-state index in [4.69, 9.17) is 10.5 Å². The number of carbonyl (C=O) groups is 1. The van der Waals surface area contributed by atoms with Crippen LogP contribution in [0.3, 0.4) is 0 Å². The van der Waals surface area contributed by atoms with Gasteiger partial charge in [0.2, 0.25) is 17.5 Å². The second kappa shape index (κ2) is 7.95. The number of hydrogen-bond donors (Lipinski definition) is 3. The van der Waals surface area contributed by atoms with E-state index < -0.39 is 11.5 Å². The zero-order valence-corrected chi connectivity index (χ0v) is 15.4. The molecule has 0 fully saturated rings. The molecule has 30 heavy (non-hydrogen) atoms. The highest BCUT2D eigenvalue weighted by Gasteiger charge is 2.15. The number of ether oxygens (including phenoxy) is 1. The first kappa shape index (κ1) is 19.0. The van der Waals surface area contributed by atoms with E-state index >= 15 is 0 Å². The minimum Gasteiger partial charge on any atom is -0.454 e. The first-order valence-electron chi connectivity index (χ1n) is 8.80. The maximum Gasteiger partial charge on any atom is 0.339 e. The Morgan fingerprint density at radius 3 is 2.67 bits per heavy atom. The molecular weight excluding hydrogens is 391 g/mol.